The SMILES string of the molecule is Cl.NC1(CNC(=O)Cc2cccc(Br)c2)CCCCC1. The van der Waals surface area contributed by atoms with Crippen molar-refractivity contribution < 1.29 is 4.79 Å². The summed E-state index contributed by atoms with van der Waals surface area (Å²) in [6.07, 6.45) is 6.07. The topological polar surface area (TPSA) is 55.1 Å². The molecular formula is C15H22BrClN2O. The zero-order valence-corrected chi connectivity index (χ0v) is 13.9. The van der Waals surface area contributed by atoms with Crippen molar-refractivity contribution in [3.63, 3.8) is 0 Å². The lowest BCUT2D eigenvalue weighted by atomic mass is 9.82. The maximum atomic E-state index is 11.9. The molecule has 1 amide bonds. The van der Waals surface area contributed by atoms with E-state index in [0.717, 1.165) is 22.9 Å². The molecule has 112 valence electrons. The van der Waals surface area contributed by atoms with Gasteiger partial charge in [0, 0.05) is 16.6 Å². The van der Waals surface area contributed by atoms with Crippen LogP contribution in [-0.2, 0) is 11.2 Å². The average molecular weight is 362 g/mol. The van der Waals surface area contributed by atoms with Gasteiger partial charge in [0.15, 0.2) is 0 Å². The summed E-state index contributed by atoms with van der Waals surface area (Å²) in [5.41, 5.74) is 7.13. The van der Waals surface area contributed by atoms with Gasteiger partial charge in [-0.05, 0) is 30.5 Å². The summed E-state index contributed by atoms with van der Waals surface area (Å²) in [5, 5.41) is 2.98. The molecule has 5 heteroatoms. The first-order valence-corrected chi connectivity index (χ1v) is 7.67. The molecule has 1 aromatic carbocycles. The largest absolute Gasteiger partial charge is 0.354 e. The van der Waals surface area contributed by atoms with Crippen LogP contribution in [0, 0.1) is 0 Å². The first-order valence-electron chi connectivity index (χ1n) is 6.87. The van der Waals surface area contributed by atoms with E-state index >= 15 is 0 Å². The fourth-order valence-electron chi connectivity index (χ4n) is 2.60. The van der Waals surface area contributed by atoms with E-state index in [1.807, 2.05) is 24.3 Å². The number of rotatable bonds is 4. The van der Waals surface area contributed by atoms with Gasteiger partial charge in [0.05, 0.1) is 6.42 Å². The van der Waals surface area contributed by atoms with Crippen LogP contribution in [0.4, 0.5) is 0 Å². The fraction of sp³-hybridized carbons (Fsp3) is 0.533. The third-order valence-electron chi connectivity index (χ3n) is 3.74. The lowest BCUT2D eigenvalue weighted by Crippen LogP contribution is -2.51. The van der Waals surface area contributed by atoms with E-state index in [-0.39, 0.29) is 23.9 Å². The Balaban J connectivity index is 0.00000200. The minimum atomic E-state index is -0.189. The van der Waals surface area contributed by atoms with Crippen LogP contribution in [0.2, 0.25) is 0 Å². The molecule has 3 N–H and O–H groups in total. The first kappa shape index (κ1) is 17.5. The van der Waals surface area contributed by atoms with Crippen molar-refractivity contribution >= 4 is 34.2 Å². The number of hydrogen-bond acceptors (Lipinski definition) is 2. The van der Waals surface area contributed by atoms with Gasteiger partial charge in [-0.1, -0.05) is 47.3 Å². The van der Waals surface area contributed by atoms with Crippen molar-refractivity contribution in [1.29, 1.82) is 0 Å². The smallest absolute Gasteiger partial charge is 0.224 e. The van der Waals surface area contributed by atoms with Crippen molar-refractivity contribution in [2.75, 3.05) is 6.54 Å². The monoisotopic (exact) mass is 360 g/mol. The van der Waals surface area contributed by atoms with Crippen molar-refractivity contribution in [3.05, 3.63) is 34.3 Å². The predicted molar refractivity (Wildman–Crippen MR) is 88.1 cm³/mol. The van der Waals surface area contributed by atoms with Crippen LogP contribution in [-0.4, -0.2) is 18.0 Å². The highest BCUT2D eigenvalue weighted by Crippen LogP contribution is 2.25. The van der Waals surface area contributed by atoms with Crippen LogP contribution >= 0.6 is 28.3 Å². The van der Waals surface area contributed by atoms with Crippen molar-refractivity contribution in [1.82, 2.24) is 5.32 Å². The highest BCUT2D eigenvalue weighted by molar-refractivity contribution is 9.10. The summed E-state index contributed by atoms with van der Waals surface area (Å²) in [4.78, 5) is 11.9. The molecule has 1 aromatic rings. The Hall–Kier alpha value is -0.580. The molecule has 0 spiro atoms. The lowest BCUT2D eigenvalue weighted by molar-refractivity contribution is -0.120. The molecule has 0 heterocycles. The standard InChI is InChI=1S/C15H21BrN2O.ClH/c16-13-6-4-5-12(9-13)10-14(19)18-11-15(17)7-2-1-3-8-15;/h4-6,9H,1-3,7-8,10-11,17H2,(H,18,19);1H. The zero-order chi connectivity index (χ0) is 13.7. The Morgan fingerprint density at radius 1 is 1.30 bits per heavy atom. The van der Waals surface area contributed by atoms with Gasteiger partial charge in [0.2, 0.25) is 5.91 Å². The third-order valence-corrected chi connectivity index (χ3v) is 4.23. The number of hydrogen-bond donors (Lipinski definition) is 2. The van der Waals surface area contributed by atoms with Crippen LogP contribution in [0.3, 0.4) is 0 Å². The van der Waals surface area contributed by atoms with E-state index in [4.69, 9.17) is 5.73 Å². The molecule has 0 radical (unpaired) electrons. The number of carbonyl (C=O) groups excluding carboxylic acids is 1. The molecule has 0 bridgehead atoms. The normalized spacial score (nSPS) is 17.1. The van der Waals surface area contributed by atoms with Crippen LogP contribution in [0.5, 0.6) is 0 Å². The van der Waals surface area contributed by atoms with Crippen LogP contribution in [0.15, 0.2) is 28.7 Å². The van der Waals surface area contributed by atoms with Crippen LogP contribution in [0.1, 0.15) is 37.7 Å². The van der Waals surface area contributed by atoms with Gasteiger partial charge in [-0.3, -0.25) is 4.79 Å². The van der Waals surface area contributed by atoms with Gasteiger partial charge in [-0.15, -0.1) is 12.4 Å². The summed E-state index contributed by atoms with van der Waals surface area (Å²) in [7, 11) is 0. The summed E-state index contributed by atoms with van der Waals surface area (Å²) < 4.78 is 1.00. The van der Waals surface area contributed by atoms with Crippen molar-refractivity contribution in [2.24, 2.45) is 5.73 Å². The number of benzene rings is 1. The van der Waals surface area contributed by atoms with Gasteiger partial charge >= 0.3 is 0 Å². The number of nitrogens with one attached hydrogen (secondary N) is 1. The molecule has 3 nitrogen and oxygen atoms in total. The van der Waals surface area contributed by atoms with E-state index in [0.29, 0.717) is 13.0 Å². The minimum Gasteiger partial charge on any atom is -0.354 e. The fourth-order valence-corrected chi connectivity index (χ4v) is 3.05. The minimum absolute atomic E-state index is 0. The molecule has 0 saturated heterocycles. The van der Waals surface area contributed by atoms with E-state index in [9.17, 15) is 4.79 Å². The lowest BCUT2D eigenvalue weighted by Gasteiger charge is -2.33. The number of carbonyl (C=O) groups is 1. The Bertz CT molecular complexity index is 447. The Kier molecular flexibility index (Phi) is 7.00. The molecule has 1 aliphatic carbocycles. The highest BCUT2D eigenvalue weighted by atomic mass is 79.9. The van der Waals surface area contributed by atoms with Crippen molar-refractivity contribution in [3.8, 4) is 0 Å². The molecule has 2 rings (SSSR count). The van der Waals surface area contributed by atoms with E-state index < -0.39 is 0 Å². The molecular weight excluding hydrogens is 340 g/mol. The molecule has 0 unspecified atom stereocenters. The second kappa shape index (κ2) is 8.01. The number of nitrogens with two attached hydrogens (primary N) is 1. The summed E-state index contributed by atoms with van der Waals surface area (Å²) in [5.74, 6) is 0.0495. The zero-order valence-electron chi connectivity index (χ0n) is 11.5. The van der Waals surface area contributed by atoms with E-state index in [1.54, 1.807) is 0 Å². The predicted octanol–water partition coefficient (Wildman–Crippen LogP) is 3.19. The molecule has 1 aliphatic rings. The Labute approximate surface area is 135 Å². The molecule has 1 fully saturated rings. The summed E-state index contributed by atoms with van der Waals surface area (Å²) in [6, 6.07) is 7.83. The molecule has 0 aromatic heterocycles. The van der Waals surface area contributed by atoms with E-state index in [2.05, 4.69) is 21.2 Å². The van der Waals surface area contributed by atoms with Gasteiger partial charge in [0.25, 0.3) is 0 Å². The molecule has 1 saturated carbocycles. The van der Waals surface area contributed by atoms with Gasteiger partial charge in [-0.2, -0.15) is 0 Å². The maximum Gasteiger partial charge on any atom is 0.224 e. The molecule has 0 atom stereocenters. The maximum absolute atomic E-state index is 11.9. The van der Waals surface area contributed by atoms with Gasteiger partial charge in [-0.25, -0.2) is 0 Å². The summed E-state index contributed by atoms with van der Waals surface area (Å²) >= 11 is 3.41. The number of amides is 1. The van der Waals surface area contributed by atoms with Crippen molar-refractivity contribution in [2.45, 2.75) is 44.1 Å². The third kappa shape index (κ3) is 5.43. The highest BCUT2D eigenvalue weighted by Gasteiger charge is 2.27. The molecule has 20 heavy (non-hydrogen) atoms. The van der Waals surface area contributed by atoms with Gasteiger partial charge in [0.1, 0.15) is 0 Å². The second-order valence-corrected chi connectivity index (χ2v) is 6.42. The summed E-state index contributed by atoms with van der Waals surface area (Å²) in [6.45, 7) is 0.597. The Morgan fingerprint density at radius 2 is 2.00 bits per heavy atom. The van der Waals surface area contributed by atoms with E-state index in [1.165, 1.54) is 19.3 Å². The van der Waals surface area contributed by atoms with Crippen LogP contribution in [0.25, 0.3) is 0 Å². The number of halogens is 2. The van der Waals surface area contributed by atoms with Crippen LogP contribution < -0.4 is 11.1 Å². The quantitative estimate of drug-likeness (QED) is 0.865. The Morgan fingerprint density at radius 3 is 2.65 bits per heavy atom. The average Bonchev–Trinajstić information content (AvgIpc) is 2.38. The van der Waals surface area contributed by atoms with Gasteiger partial charge < -0.3 is 11.1 Å². The first-order chi connectivity index (χ1) is 9.07. The second-order valence-electron chi connectivity index (χ2n) is 5.51. The molecule has 0 aliphatic heterocycles.